The molecule has 5 heteroatoms. The summed E-state index contributed by atoms with van der Waals surface area (Å²) >= 11 is 0. The Bertz CT molecular complexity index is 312. The van der Waals surface area contributed by atoms with Gasteiger partial charge >= 0.3 is 0 Å². The summed E-state index contributed by atoms with van der Waals surface area (Å²) in [5, 5.41) is 12.7. The summed E-state index contributed by atoms with van der Waals surface area (Å²) in [7, 11) is 1.51. The molecule has 15 heavy (non-hydrogen) atoms. The van der Waals surface area contributed by atoms with Crippen LogP contribution in [0.1, 0.15) is 30.3 Å². The van der Waals surface area contributed by atoms with Gasteiger partial charge in [0.15, 0.2) is 11.5 Å². The van der Waals surface area contributed by atoms with E-state index in [1.165, 1.54) is 13.3 Å². The lowest BCUT2D eigenvalue weighted by atomic mass is 10.1. The minimum atomic E-state index is -0.0414. The average Bonchev–Trinajstić information content (AvgIpc) is 2.68. The van der Waals surface area contributed by atoms with E-state index in [2.05, 4.69) is 5.10 Å². The molecule has 0 fully saturated rings. The second-order valence-electron chi connectivity index (χ2n) is 3.13. The summed E-state index contributed by atoms with van der Waals surface area (Å²) in [4.78, 5) is 11.8. The van der Waals surface area contributed by atoms with E-state index in [0.29, 0.717) is 30.8 Å². The van der Waals surface area contributed by atoms with Crippen LogP contribution in [0.15, 0.2) is 6.20 Å². The third-order valence-electron chi connectivity index (χ3n) is 2.15. The molecule has 1 aromatic rings. The molecule has 0 aliphatic heterocycles. The number of carbonyl (C=O) groups is 1. The lowest BCUT2D eigenvalue weighted by molar-refractivity contribution is 0.0957. The van der Waals surface area contributed by atoms with Crippen LogP contribution in [-0.2, 0) is 6.54 Å². The molecule has 5 nitrogen and oxygen atoms in total. The number of aromatic nitrogens is 2. The number of ketones is 1. The summed E-state index contributed by atoms with van der Waals surface area (Å²) in [6.45, 7) is 2.56. The third-order valence-corrected chi connectivity index (χ3v) is 2.15. The molecule has 1 heterocycles. The van der Waals surface area contributed by atoms with Crippen molar-refractivity contribution in [1.82, 2.24) is 9.78 Å². The van der Waals surface area contributed by atoms with Crippen LogP contribution in [0, 0.1) is 0 Å². The van der Waals surface area contributed by atoms with Crippen LogP contribution in [0.25, 0.3) is 0 Å². The maximum Gasteiger partial charge on any atom is 0.184 e. The largest absolute Gasteiger partial charge is 0.493 e. The van der Waals surface area contributed by atoms with Crippen molar-refractivity contribution in [3.63, 3.8) is 0 Å². The molecule has 0 saturated carbocycles. The zero-order chi connectivity index (χ0) is 11.3. The molecular weight excluding hydrogens is 196 g/mol. The maximum atomic E-state index is 11.8. The van der Waals surface area contributed by atoms with Crippen molar-refractivity contribution in [2.24, 2.45) is 0 Å². The van der Waals surface area contributed by atoms with Gasteiger partial charge in [-0.25, -0.2) is 0 Å². The number of methoxy groups -OCH3 is 1. The molecule has 0 saturated heterocycles. The summed E-state index contributed by atoms with van der Waals surface area (Å²) in [6, 6.07) is 0. The normalized spacial score (nSPS) is 10.3. The van der Waals surface area contributed by atoms with E-state index >= 15 is 0 Å². The highest BCUT2D eigenvalue weighted by Gasteiger charge is 2.17. The molecule has 0 aliphatic rings. The third kappa shape index (κ3) is 2.56. The number of hydrogen-bond donors (Lipinski definition) is 1. The first kappa shape index (κ1) is 11.7. The van der Waals surface area contributed by atoms with E-state index in [1.54, 1.807) is 4.68 Å². The minimum absolute atomic E-state index is 0.0221. The SMILES string of the molecule is CCn1ncc(OC)c1C(=O)CCCO. The van der Waals surface area contributed by atoms with Gasteiger partial charge in [0.2, 0.25) is 0 Å². The molecular formula is C10H16N2O3. The topological polar surface area (TPSA) is 64.4 Å². The van der Waals surface area contributed by atoms with Crippen LogP contribution >= 0.6 is 0 Å². The number of Topliss-reactive ketones (excluding diaryl/α,β-unsaturated/α-hetero) is 1. The predicted molar refractivity (Wildman–Crippen MR) is 55.1 cm³/mol. The number of ether oxygens (including phenoxy) is 1. The monoisotopic (exact) mass is 212 g/mol. The number of rotatable bonds is 6. The van der Waals surface area contributed by atoms with Gasteiger partial charge in [0.05, 0.1) is 13.3 Å². The molecule has 0 aromatic carbocycles. The highest BCUT2D eigenvalue weighted by Crippen LogP contribution is 2.19. The Labute approximate surface area is 88.7 Å². The Hall–Kier alpha value is -1.36. The lowest BCUT2D eigenvalue weighted by Crippen LogP contribution is -2.11. The van der Waals surface area contributed by atoms with E-state index < -0.39 is 0 Å². The molecule has 84 valence electrons. The van der Waals surface area contributed by atoms with Crippen LogP contribution in [0.3, 0.4) is 0 Å². The van der Waals surface area contributed by atoms with Gasteiger partial charge in [-0.15, -0.1) is 0 Å². The van der Waals surface area contributed by atoms with Crippen molar-refractivity contribution in [2.75, 3.05) is 13.7 Å². The second kappa shape index (κ2) is 5.50. The van der Waals surface area contributed by atoms with Crippen LogP contribution in [0.4, 0.5) is 0 Å². The number of hydrogen-bond acceptors (Lipinski definition) is 4. The molecule has 1 rings (SSSR count). The molecule has 0 radical (unpaired) electrons. The van der Waals surface area contributed by atoms with Gasteiger partial charge in [0.25, 0.3) is 0 Å². The quantitative estimate of drug-likeness (QED) is 0.710. The summed E-state index contributed by atoms with van der Waals surface area (Å²) in [6.07, 6.45) is 2.32. The molecule has 0 atom stereocenters. The number of nitrogens with zero attached hydrogens (tertiary/aromatic N) is 2. The molecule has 0 amide bonds. The van der Waals surface area contributed by atoms with Gasteiger partial charge in [0.1, 0.15) is 5.69 Å². The number of carbonyl (C=O) groups excluding carboxylic acids is 1. The zero-order valence-corrected chi connectivity index (χ0v) is 9.06. The number of aliphatic hydroxyl groups is 1. The molecule has 0 aliphatic carbocycles. The standard InChI is InChI=1S/C10H16N2O3/c1-3-12-10(8(14)5-4-6-13)9(15-2)7-11-12/h7,13H,3-6H2,1-2H3. The smallest absolute Gasteiger partial charge is 0.184 e. The van der Waals surface area contributed by atoms with Crippen molar-refractivity contribution in [1.29, 1.82) is 0 Å². The van der Waals surface area contributed by atoms with Crippen LogP contribution in [-0.4, -0.2) is 34.4 Å². The fourth-order valence-corrected chi connectivity index (χ4v) is 1.40. The summed E-state index contributed by atoms with van der Waals surface area (Å²) < 4.78 is 6.67. The highest BCUT2D eigenvalue weighted by atomic mass is 16.5. The molecule has 0 unspecified atom stereocenters. The Morgan fingerprint density at radius 1 is 1.67 bits per heavy atom. The highest BCUT2D eigenvalue weighted by molar-refractivity contribution is 5.96. The number of aliphatic hydroxyl groups excluding tert-OH is 1. The Kier molecular flexibility index (Phi) is 4.30. The Morgan fingerprint density at radius 3 is 2.93 bits per heavy atom. The molecule has 1 aromatic heterocycles. The van der Waals surface area contributed by atoms with Gasteiger partial charge in [-0.05, 0) is 13.3 Å². The van der Waals surface area contributed by atoms with E-state index in [0.717, 1.165) is 0 Å². The molecule has 0 bridgehead atoms. The van der Waals surface area contributed by atoms with Crippen molar-refractivity contribution < 1.29 is 14.6 Å². The first-order chi connectivity index (χ1) is 7.24. The zero-order valence-electron chi connectivity index (χ0n) is 9.06. The Balaban J connectivity index is 2.88. The fourth-order valence-electron chi connectivity index (χ4n) is 1.40. The van der Waals surface area contributed by atoms with Crippen molar-refractivity contribution in [3.05, 3.63) is 11.9 Å². The Morgan fingerprint density at radius 2 is 2.40 bits per heavy atom. The van der Waals surface area contributed by atoms with Gasteiger partial charge in [-0.2, -0.15) is 5.10 Å². The van der Waals surface area contributed by atoms with Gasteiger partial charge < -0.3 is 9.84 Å². The first-order valence-corrected chi connectivity index (χ1v) is 4.98. The molecule has 1 N–H and O–H groups in total. The molecule has 0 spiro atoms. The van der Waals surface area contributed by atoms with Gasteiger partial charge in [-0.3, -0.25) is 9.48 Å². The average molecular weight is 212 g/mol. The first-order valence-electron chi connectivity index (χ1n) is 4.98. The fraction of sp³-hybridized carbons (Fsp3) is 0.600. The van der Waals surface area contributed by atoms with Crippen LogP contribution in [0.5, 0.6) is 5.75 Å². The van der Waals surface area contributed by atoms with Crippen LogP contribution < -0.4 is 4.74 Å². The van der Waals surface area contributed by atoms with Gasteiger partial charge in [0, 0.05) is 19.6 Å². The van der Waals surface area contributed by atoms with E-state index in [1.807, 2.05) is 6.92 Å². The lowest BCUT2D eigenvalue weighted by Gasteiger charge is -2.05. The van der Waals surface area contributed by atoms with Gasteiger partial charge in [-0.1, -0.05) is 0 Å². The van der Waals surface area contributed by atoms with Crippen molar-refractivity contribution in [2.45, 2.75) is 26.3 Å². The van der Waals surface area contributed by atoms with E-state index in [9.17, 15) is 4.79 Å². The second-order valence-corrected chi connectivity index (χ2v) is 3.13. The van der Waals surface area contributed by atoms with Crippen LogP contribution in [0.2, 0.25) is 0 Å². The summed E-state index contributed by atoms with van der Waals surface area (Å²) in [5.41, 5.74) is 0.494. The predicted octanol–water partition coefficient (Wildman–Crippen LogP) is 0.867. The van der Waals surface area contributed by atoms with Crippen molar-refractivity contribution in [3.8, 4) is 5.75 Å². The minimum Gasteiger partial charge on any atom is -0.493 e. The summed E-state index contributed by atoms with van der Waals surface area (Å²) in [5.74, 6) is 0.458. The number of aryl methyl sites for hydroxylation is 1. The maximum absolute atomic E-state index is 11.8. The van der Waals surface area contributed by atoms with E-state index in [-0.39, 0.29) is 12.4 Å². The van der Waals surface area contributed by atoms with E-state index in [4.69, 9.17) is 9.84 Å². The van der Waals surface area contributed by atoms with Crippen molar-refractivity contribution >= 4 is 5.78 Å².